The fourth-order valence-electron chi connectivity index (χ4n) is 1.33. The number of nitrogens with zero attached hydrogens (tertiary/aromatic N) is 1. The molecular formula is C11H22NO4P. The highest BCUT2D eigenvalue weighted by Gasteiger charge is 2.23. The Morgan fingerprint density at radius 2 is 1.88 bits per heavy atom. The highest BCUT2D eigenvalue weighted by Crippen LogP contribution is 2.48. The van der Waals surface area contributed by atoms with E-state index in [-0.39, 0.29) is 5.91 Å². The van der Waals surface area contributed by atoms with Crippen molar-refractivity contribution in [3.8, 4) is 0 Å². The van der Waals surface area contributed by atoms with Crippen LogP contribution in [0.15, 0.2) is 12.7 Å². The van der Waals surface area contributed by atoms with Gasteiger partial charge in [-0.1, -0.05) is 6.58 Å². The molecule has 17 heavy (non-hydrogen) atoms. The van der Waals surface area contributed by atoms with Crippen LogP contribution in [0.3, 0.4) is 0 Å². The summed E-state index contributed by atoms with van der Waals surface area (Å²) in [5, 5.41) is 0. The van der Waals surface area contributed by atoms with Crippen molar-refractivity contribution in [2.24, 2.45) is 0 Å². The van der Waals surface area contributed by atoms with E-state index in [2.05, 4.69) is 6.58 Å². The molecule has 100 valence electrons. The van der Waals surface area contributed by atoms with E-state index in [1.54, 1.807) is 20.9 Å². The lowest BCUT2D eigenvalue weighted by molar-refractivity contribution is -0.124. The number of carbonyl (C=O) groups excluding carboxylic acids is 1. The summed E-state index contributed by atoms with van der Waals surface area (Å²) in [6, 6.07) is 0. The van der Waals surface area contributed by atoms with Crippen molar-refractivity contribution in [1.29, 1.82) is 0 Å². The van der Waals surface area contributed by atoms with Crippen molar-refractivity contribution in [2.75, 3.05) is 33.0 Å². The van der Waals surface area contributed by atoms with Gasteiger partial charge >= 0.3 is 7.60 Å². The molecule has 0 radical (unpaired) electrons. The van der Waals surface area contributed by atoms with Crippen molar-refractivity contribution in [2.45, 2.75) is 20.3 Å². The van der Waals surface area contributed by atoms with Crippen LogP contribution in [0.1, 0.15) is 20.3 Å². The van der Waals surface area contributed by atoms with Crippen molar-refractivity contribution >= 4 is 13.5 Å². The third-order valence-electron chi connectivity index (χ3n) is 2.13. The minimum absolute atomic E-state index is 0.146. The van der Waals surface area contributed by atoms with E-state index in [1.165, 1.54) is 11.0 Å². The third-order valence-corrected chi connectivity index (χ3v) is 4.30. The van der Waals surface area contributed by atoms with Crippen LogP contribution in [-0.4, -0.2) is 43.8 Å². The summed E-state index contributed by atoms with van der Waals surface area (Å²) < 4.78 is 22.4. The summed E-state index contributed by atoms with van der Waals surface area (Å²) in [5.74, 6) is -0.146. The molecule has 0 aromatic heterocycles. The van der Waals surface area contributed by atoms with Gasteiger partial charge in [0.05, 0.1) is 19.4 Å². The van der Waals surface area contributed by atoms with Crippen LogP contribution in [0.2, 0.25) is 0 Å². The zero-order chi connectivity index (χ0) is 13.3. The topological polar surface area (TPSA) is 55.8 Å². The Balaban J connectivity index is 4.10. The summed E-state index contributed by atoms with van der Waals surface area (Å²) in [5.41, 5.74) is 0. The molecule has 0 saturated carbocycles. The number of likely N-dealkylation sites (N-methyl/N-ethyl adjacent to an activating group) is 1. The number of hydrogen-bond donors (Lipinski definition) is 0. The van der Waals surface area contributed by atoms with Gasteiger partial charge in [-0.3, -0.25) is 9.36 Å². The molecular weight excluding hydrogens is 241 g/mol. The van der Waals surface area contributed by atoms with Crippen molar-refractivity contribution in [3.05, 3.63) is 12.7 Å². The van der Waals surface area contributed by atoms with Crippen LogP contribution in [0.25, 0.3) is 0 Å². The van der Waals surface area contributed by atoms with Gasteiger partial charge in [-0.25, -0.2) is 0 Å². The Hall–Kier alpha value is -0.640. The molecule has 0 heterocycles. The standard InChI is InChI=1S/C11H22NO4P/c1-5-11(13)12(4)9-8-10-17(14,15-6-2)16-7-3/h5H,1,6-10H2,2-4H3. The lowest BCUT2D eigenvalue weighted by Gasteiger charge is -2.19. The monoisotopic (exact) mass is 263 g/mol. The van der Waals surface area contributed by atoms with Crippen LogP contribution in [-0.2, 0) is 18.4 Å². The van der Waals surface area contributed by atoms with Gasteiger partial charge in [0.2, 0.25) is 5.91 Å². The van der Waals surface area contributed by atoms with Gasteiger partial charge in [0.1, 0.15) is 0 Å². The van der Waals surface area contributed by atoms with Crippen LogP contribution >= 0.6 is 7.60 Å². The Labute approximate surface area is 103 Å². The minimum atomic E-state index is -2.98. The predicted molar refractivity (Wildman–Crippen MR) is 68.2 cm³/mol. The van der Waals surface area contributed by atoms with Crippen molar-refractivity contribution in [1.82, 2.24) is 4.90 Å². The first-order valence-corrected chi connectivity index (χ1v) is 7.47. The average molecular weight is 263 g/mol. The third kappa shape index (κ3) is 6.61. The van der Waals surface area contributed by atoms with E-state index >= 15 is 0 Å². The fraction of sp³-hybridized carbons (Fsp3) is 0.727. The maximum atomic E-state index is 12.1. The van der Waals surface area contributed by atoms with Crippen LogP contribution in [0, 0.1) is 0 Å². The molecule has 0 N–H and O–H groups in total. The molecule has 0 aliphatic heterocycles. The van der Waals surface area contributed by atoms with Gasteiger partial charge < -0.3 is 13.9 Å². The van der Waals surface area contributed by atoms with Gasteiger partial charge in [-0.05, 0) is 26.3 Å². The Morgan fingerprint density at radius 1 is 1.35 bits per heavy atom. The fourth-order valence-corrected chi connectivity index (χ4v) is 2.98. The first kappa shape index (κ1) is 16.4. The van der Waals surface area contributed by atoms with E-state index in [0.29, 0.717) is 32.3 Å². The molecule has 0 saturated heterocycles. The molecule has 0 unspecified atom stereocenters. The van der Waals surface area contributed by atoms with Gasteiger partial charge in [0, 0.05) is 13.6 Å². The molecule has 0 aromatic rings. The van der Waals surface area contributed by atoms with Gasteiger partial charge in [0.25, 0.3) is 0 Å². The lowest BCUT2D eigenvalue weighted by Crippen LogP contribution is -2.26. The second-order valence-electron chi connectivity index (χ2n) is 3.49. The molecule has 0 rings (SSSR count). The maximum absolute atomic E-state index is 12.1. The largest absolute Gasteiger partial charge is 0.342 e. The number of hydrogen-bond acceptors (Lipinski definition) is 4. The van der Waals surface area contributed by atoms with Crippen LogP contribution in [0.4, 0.5) is 0 Å². The van der Waals surface area contributed by atoms with Crippen molar-refractivity contribution < 1.29 is 18.4 Å². The smallest absolute Gasteiger partial charge is 0.330 e. The molecule has 0 bridgehead atoms. The SMILES string of the molecule is C=CC(=O)N(C)CCCP(=O)(OCC)OCC. The average Bonchev–Trinajstić information content (AvgIpc) is 2.28. The summed E-state index contributed by atoms with van der Waals surface area (Å²) in [6.07, 6.45) is 2.15. The van der Waals surface area contributed by atoms with Crippen LogP contribution < -0.4 is 0 Å². The number of carbonyl (C=O) groups is 1. The van der Waals surface area contributed by atoms with Gasteiger partial charge in [0.15, 0.2) is 0 Å². The first-order chi connectivity index (χ1) is 7.99. The molecule has 0 atom stereocenters. The molecule has 6 heteroatoms. The van der Waals surface area contributed by atoms with E-state index in [0.717, 1.165) is 0 Å². The zero-order valence-corrected chi connectivity index (χ0v) is 11.7. The highest BCUT2D eigenvalue weighted by molar-refractivity contribution is 7.53. The second kappa shape index (κ2) is 8.45. The molecule has 0 spiro atoms. The number of amides is 1. The van der Waals surface area contributed by atoms with Gasteiger partial charge in [-0.15, -0.1) is 0 Å². The molecule has 5 nitrogen and oxygen atoms in total. The normalized spacial score (nSPS) is 11.2. The van der Waals surface area contributed by atoms with E-state index < -0.39 is 7.60 Å². The number of rotatable bonds is 9. The molecule has 0 fully saturated rings. The summed E-state index contributed by atoms with van der Waals surface area (Å²) in [4.78, 5) is 12.7. The first-order valence-electron chi connectivity index (χ1n) is 5.74. The van der Waals surface area contributed by atoms with Gasteiger partial charge in [-0.2, -0.15) is 0 Å². The Kier molecular flexibility index (Phi) is 8.13. The van der Waals surface area contributed by atoms with Crippen LogP contribution in [0.5, 0.6) is 0 Å². The predicted octanol–water partition coefficient (Wildman–Crippen LogP) is 2.29. The molecule has 1 amide bonds. The Morgan fingerprint density at radius 3 is 2.29 bits per heavy atom. The highest BCUT2D eigenvalue weighted by atomic mass is 31.2. The molecule has 0 aliphatic carbocycles. The molecule has 0 aromatic carbocycles. The summed E-state index contributed by atoms with van der Waals surface area (Å²) >= 11 is 0. The summed E-state index contributed by atoms with van der Waals surface area (Å²) in [6.45, 7) is 8.18. The van der Waals surface area contributed by atoms with Crippen molar-refractivity contribution in [3.63, 3.8) is 0 Å². The Bertz CT molecular complexity index is 283. The van der Waals surface area contributed by atoms with E-state index in [9.17, 15) is 9.36 Å². The van der Waals surface area contributed by atoms with E-state index in [4.69, 9.17) is 9.05 Å². The maximum Gasteiger partial charge on any atom is 0.330 e. The zero-order valence-electron chi connectivity index (χ0n) is 10.8. The summed E-state index contributed by atoms with van der Waals surface area (Å²) in [7, 11) is -1.30. The molecule has 0 aliphatic rings. The quantitative estimate of drug-likeness (QED) is 0.473. The minimum Gasteiger partial charge on any atom is -0.342 e. The second-order valence-corrected chi connectivity index (χ2v) is 5.67. The van der Waals surface area contributed by atoms with E-state index in [1.807, 2.05) is 0 Å². The lowest BCUT2D eigenvalue weighted by atomic mass is 10.4.